The van der Waals surface area contributed by atoms with Crippen molar-refractivity contribution in [2.24, 2.45) is 0 Å². The van der Waals surface area contributed by atoms with Gasteiger partial charge in [0.2, 0.25) is 0 Å². The van der Waals surface area contributed by atoms with Crippen LogP contribution in [0.5, 0.6) is 5.75 Å². The minimum Gasteiger partial charge on any atom is -0.484 e. The number of hydrogen-bond donors (Lipinski definition) is 1. The van der Waals surface area contributed by atoms with Crippen LogP contribution in [0.4, 0.5) is 0 Å². The molecule has 0 spiro atoms. The van der Waals surface area contributed by atoms with Crippen LogP contribution >= 0.6 is 11.3 Å². The number of rotatable bonds is 6. The average Bonchev–Trinajstić information content (AvgIpc) is 3.14. The van der Waals surface area contributed by atoms with Crippen molar-refractivity contribution in [3.8, 4) is 17.0 Å². The van der Waals surface area contributed by atoms with Crippen LogP contribution in [-0.4, -0.2) is 17.5 Å². The molecule has 0 fully saturated rings. The molecule has 23 heavy (non-hydrogen) atoms. The van der Waals surface area contributed by atoms with Crippen molar-refractivity contribution in [2.75, 3.05) is 6.61 Å². The predicted octanol–water partition coefficient (Wildman–Crippen LogP) is 3.51. The SMILES string of the molecule is O=C(COc1ccccc1)NCc1ccnc(-c2ccsc2)c1. The molecular formula is C18H16N2O2S. The Morgan fingerprint density at radius 3 is 2.83 bits per heavy atom. The fourth-order valence-electron chi connectivity index (χ4n) is 2.07. The highest BCUT2D eigenvalue weighted by atomic mass is 32.1. The van der Waals surface area contributed by atoms with Gasteiger partial charge in [0.15, 0.2) is 6.61 Å². The van der Waals surface area contributed by atoms with Crippen LogP contribution in [0.3, 0.4) is 0 Å². The summed E-state index contributed by atoms with van der Waals surface area (Å²) >= 11 is 1.64. The molecule has 0 unspecified atom stereocenters. The summed E-state index contributed by atoms with van der Waals surface area (Å²) in [6, 6.07) is 15.2. The molecule has 3 rings (SSSR count). The van der Waals surface area contributed by atoms with Crippen molar-refractivity contribution < 1.29 is 9.53 Å². The van der Waals surface area contributed by atoms with E-state index < -0.39 is 0 Å². The molecule has 1 amide bonds. The lowest BCUT2D eigenvalue weighted by molar-refractivity contribution is -0.123. The van der Waals surface area contributed by atoms with Crippen LogP contribution in [0.1, 0.15) is 5.56 Å². The standard InChI is InChI=1S/C18H16N2O2S/c21-18(12-22-16-4-2-1-3-5-16)20-11-14-6-8-19-17(10-14)15-7-9-23-13-15/h1-10,13H,11-12H2,(H,20,21). The summed E-state index contributed by atoms with van der Waals surface area (Å²) in [7, 11) is 0. The third-order valence-corrected chi connectivity index (χ3v) is 3.93. The molecule has 0 saturated carbocycles. The molecule has 0 bridgehead atoms. The van der Waals surface area contributed by atoms with Crippen molar-refractivity contribution in [1.29, 1.82) is 0 Å². The molecule has 0 radical (unpaired) electrons. The van der Waals surface area contributed by atoms with E-state index in [2.05, 4.69) is 15.7 Å². The van der Waals surface area contributed by atoms with Gasteiger partial charge in [-0.15, -0.1) is 0 Å². The van der Waals surface area contributed by atoms with Gasteiger partial charge in [0.1, 0.15) is 5.75 Å². The van der Waals surface area contributed by atoms with Crippen molar-refractivity contribution in [3.63, 3.8) is 0 Å². The summed E-state index contributed by atoms with van der Waals surface area (Å²) in [5.41, 5.74) is 3.02. The Bertz CT molecular complexity index is 758. The lowest BCUT2D eigenvalue weighted by atomic mass is 10.1. The fraction of sp³-hybridized carbons (Fsp3) is 0.111. The molecule has 4 nitrogen and oxygen atoms in total. The Balaban J connectivity index is 1.52. The number of nitrogens with one attached hydrogen (secondary N) is 1. The quantitative estimate of drug-likeness (QED) is 0.755. The van der Waals surface area contributed by atoms with Crippen LogP contribution in [0.25, 0.3) is 11.3 Å². The molecule has 0 aliphatic heterocycles. The zero-order valence-corrected chi connectivity index (χ0v) is 13.3. The molecule has 0 aliphatic carbocycles. The molecule has 2 aromatic heterocycles. The topological polar surface area (TPSA) is 51.2 Å². The van der Waals surface area contributed by atoms with Crippen LogP contribution in [0.15, 0.2) is 65.5 Å². The van der Waals surface area contributed by atoms with Gasteiger partial charge in [0.25, 0.3) is 5.91 Å². The minimum absolute atomic E-state index is 0.00643. The Kier molecular flexibility index (Phi) is 5.01. The van der Waals surface area contributed by atoms with Gasteiger partial charge < -0.3 is 10.1 Å². The molecule has 2 heterocycles. The van der Waals surface area contributed by atoms with Crippen molar-refractivity contribution in [2.45, 2.75) is 6.54 Å². The van der Waals surface area contributed by atoms with E-state index >= 15 is 0 Å². The number of thiophene rings is 1. The van der Waals surface area contributed by atoms with Gasteiger partial charge in [0, 0.05) is 23.7 Å². The summed E-state index contributed by atoms with van der Waals surface area (Å²) in [4.78, 5) is 16.2. The summed E-state index contributed by atoms with van der Waals surface area (Å²) in [6.07, 6.45) is 1.76. The fourth-order valence-corrected chi connectivity index (χ4v) is 2.72. The van der Waals surface area contributed by atoms with E-state index in [0.29, 0.717) is 12.3 Å². The van der Waals surface area contributed by atoms with E-state index in [0.717, 1.165) is 16.8 Å². The number of benzene rings is 1. The first-order valence-corrected chi connectivity index (χ1v) is 8.17. The van der Waals surface area contributed by atoms with Gasteiger partial charge in [-0.05, 0) is 41.3 Å². The number of hydrogen-bond acceptors (Lipinski definition) is 4. The van der Waals surface area contributed by atoms with Crippen LogP contribution in [0, 0.1) is 0 Å². The highest BCUT2D eigenvalue weighted by molar-refractivity contribution is 7.08. The van der Waals surface area contributed by atoms with E-state index in [-0.39, 0.29) is 12.5 Å². The Labute approximate surface area is 138 Å². The summed E-state index contributed by atoms with van der Waals surface area (Å²) < 4.78 is 5.42. The first kappa shape index (κ1) is 15.2. The molecular weight excluding hydrogens is 308 g/mol. The maximum absolute atomic E-state index is 11.9. The van der Waals surface area contributed by atoms with Gasteiger partial charge in [-0.25, -0.2) is 0 Å². The number of pyridine rings is 1. The number of nitrogens with zero attached hydrogens (tertiary/aromatic N) is 1. The normalized spacial score (nSPS) is 10.3. The molecule has 0 atom stereocenters. The second kappa shape index (κ2) is 7.56. The molecule has 3 aromatic rings. The van der Waals surface area contributed by atoms with Gasteiger partial charge in [-0.3, -0.25) is 9.78 Å². The Morgan fingerprint density at radius 1 is 1.17 bits per heavy atom. The van der Waals surface area contributed by atoms with Gasteiger partial charge in [-0.1, -0.05) is 18.2 Å². The molecule has 5 heteroatoms. The van der Waals surface area contributed by atoms with Gasteiger partial charge in [0.05, 0.1) is 5.69 Å². The number of ether oxygens (including phenoxy) is 1. The van der Waals surface area contributed by atoms with E-state index in [1.54, 1.807) is 17.5 Å². The number of carbonyl (C=O) groups excluding carboxylic acids is 1. The average molecular weight is 324 g/mol. The van der Waals surface area contributed by atoms with Gasteiger partial charge >= 0.3 is 0 Å². The van der Waals surface area contributed by atoms with Crippen LogP contribution < -0.4 is 10.1 Å². The monoisotopic (exact) mass is 324 g/mol. The summed E-state index contributed by atoms with van der Waals surface area (Å²) in [5.74, 6) is 0.536. The van der Waals surface area contributed by atoms with E-state index in [1.807, 2.05) is 53.9 Å². The second-order valence-electron chi connectivity index (χ2n) is 4.94. The molecule has 1 aromatic carbocycles. The smallest absolute Gasteiger partial charge is 0.258 e. The zero-order chi connectivity index (χ0) is 15.9. The maximum atomic E-state index is 11.9. The third kappa shape index (κ3) is 4.40. The summed E-state index contributed by atoms with van der Waals surface area (Å²) in [6.45, 7) is 0.461. The van der Waals surface area contributed by atoms with Crippen molar-refractivity contribution in [1.82, 2.24) is 10.3 Å². The zero-order valence-electron chi connectivity index (χ0n) is 12.4. The largest absolute Gasteiger partial charge is 0.484 e. The second-order valence-corrected chi connectivity index (χ2v) is 5.72. The summed E-state index contributed by atoms with van der Waals surface area (Å²) in [5, 5.41) is 6.93. The van der Waals surface area contributed by atoms with E-state index in [9.17, 15) is 4.79 Å². The van der Waals surface area contributed by atoms with Crippen molar-refractivity contribution in [3.05, 3.63) is 71.1 Å². The first-order valence-electron chi connectivity index (χ1n) is 7.23. The van der Waals surface area contributed by atoms with Crippen LogP contribution in [0.2, 0.25) is 0 Å². The van der Waals surface area contributed by atoms with Gasteiger partial charge in [-0.2, -0.15) is 11.3 Å². The molecule has 0 aliphatic rings. The molecule has 116 valence electrons. The third-order valence-electron chi connectivity index (χ3n) is 3.24. The highest BCUT2D eigenvalue weighted by Crippen LogP contribution is 2.20. The Morgan fingerprint density at radius 2 is 2.04 bits per heavy atom. The number of carbonyl (C=O) groups is 1. The maximum Gasteiger partial charge on any atom is 0.258 e. The molecule has 0 saturated heterocycles. The minimum atomic E-state index is -0.150. The number of aromatic nitrogens is 1. The van der Waals surface area contributed by atoms with Crippen molar-refractivity contribution >= 4 is 17.2 Å². The predicted molar refractivity (Wildman–Crippen MR) is 91.3 cm³/mol. The highest BCUT2D eigenvalue weighted by Gasteiger charge is 2.05. The number of para-hydroxylation sites is 1. The Hall–Kier alpha value is -2.66. The van der Waals surface area contributed by atoms with E-state index in [4.69, 9.17) is 4.74 Å². The first-order chi connectivity index (χ1) is 11.3. The van der Waals surface area contributed by atoms with Crippen LogP contribution in [-0.2, 0) is 11.3 Å². The lowest BCUT2D eigenvalue weighted by Crippen LogP contribution is -2.28. The lowest BCUT2D eigenvalue weighted by Gasteiger charge is -2.08. The number of amides is 1. The van der Waals surface area contributed by atoms with E-state index in [1.165, 1.54) is 0 Å². The molecule has 1 N–H and O–H groups in total.